The third kappa shape index (κ3) is 9.76. The van der Waals surface area contributed by atoms with Crippen molar-refractivity contribution in [1.29, 1.82) is 0 Å². The van der Waals surface area contributed by atoms with Crippen molar-refractivity contribution in [3.63, 3.8) is 0 Å². The summed E-state index contributed by atoms with van der Waals surface area (Å²) in [5, 5.41) is 18.6. The second kappa shape index (κ2) is 16.0. The molecule has 184 valence electrons. The summed E-state index contributed by atoms with van der Waals surface area (Å²) in [6, 6.07) is 21.6. The number of carboxylic acid groups (broad SMARTS) is 2. The van der Waals surface area contributed by atoms with Crippen LogP contribution in [0.5, 0.6) is 0 Å². The van der Waals surface area contributed by atoms with Gasteiger partial charge in [-0.3, -0.25) is 8.97 Å². The van der Waals surface area contributed by atoms with Crippen molar-refractivity contribution in [3.8, 4) is 0 Å². The Morgan fingerprint density at radius 1 is 0.545 bits per heavy atom. The Hall–Kier alpha value is -2.70. The highest BCUT2D eigenvalue weighted by molar-refractivity contribution is 5.86. The molecular formula is C27H42N2O4. The maximum atomic E-state index is 9.28. The number of carboxylic acids is 2. The summed E-state index contributed by atoms with van der Waals surface area (Å²) in [6.45, 7) is 20.6. The number of nitrogens with zero attached hydrogens (tertiary/aromatic N) is 2. The third-order valence-corrected chi connectivity index (χ3v) is 6.53. The number of rotatable bonds is 10. The van der Waals surface area contributed by atoms with Gasteiger partial charge >= 0.3 is 0 Å². The van der Waals surface area contributed by atoms with E-state index < -0.39 is 18.4 Å². The van der Waals surface area contributed by atoms with Crippen molar-refractivity contribution < 1.29 is 19.8 Å². The summed E-state index contributed by atoms with van der Waals surface area (Å²) in [6.07, 6.45) is -1.03. The Morgan fingerprint density at radius 2 is 0.788 bits per heavy atom. The van der Waals surface area contributed by atoms with Crippen LogP contribution in [0.3, 0.4) is 0 Å². The zero-order chi connectivity index (χ0) is 25.3. The molecule has 0 unspecified atom stereocenters. The Kier molecular flexibility index (Phi) is 14.7. The normalized spacial score (nSPS) is 10.8. The van der Waals surface area contributed by atoms with Crippen LogP contribution in [0.2, 0.25) is 0 Å². The summed E-state index contributed by atoms with van der Waals surface area (Å²) in [5.41, 5.74) is 2.88. The maximum absolute atomic E-state index is 9.28. The molecule has 0 radical (unpaired) electrons. The van der Waals surface area contributed by atoms with Gasteiger partial charge in [-0.15, -0.1) is 0 Å². The molecule has 6 nitrogen and oxygen atoms in total. The first kappa shape index (κ1) is 30.3. The SMILES string of the molecule is CC[N+](CC)(CC)c1ccccc1.CC[N+](CC)(CC)c1ccccc1.O=C([O-])CC(=O)[O-]. The van der Waals surface area contributed by atoms with Crippen molar-refractivity contribution in [3.05, 3.63) is 60.7 Å². The highest BCUT2D eigenvalue weighted by atomic mass is 16.4. The van der Waals surface area contributed by atoms with Gasteiger partial charge in [0, 0.05) is 18.4 Å². The Morgan fingerprint density at radius 3 is 0.939 bits per heavy atom. The van der Waals surface area contributed by atoms with Crippen molar-refractivity contribution in [2.75, 3.05) is 39.3 Å². The van der Waals surface area contributed by atoms with Crippen LogP contribution in [0.25, 0.3) is 0 Å². The molecular weight excluding hydrogens is 416 g/mol. The number of hydrogen-bond donors (Lipinski definition) is 0. The van der Waals surface area contributed by atoms with Crippen molar-refractivity contribution in [2.45, 2.75) is 48.0 Å². The fourth-order valence-corrected chi connectivity index (χ4v) is 4.04. The molecule has 0 bridgehead atoms. The lowest BCUT2D eigenvalue weighted by molar-refractivity contribution is -0.322. The predicted octanol–water partition coefficient (Wildman–Crippen LogP) is 2.98. The van der Waals surface area contributed by atoms with Gasteiger partial charge in [-0.2, -0.15) is 0 Å². The first-order chi connectivity index (χ1) is 15.7. The first-order valence-electron chi connectivity index (χ1n) is 11.9. The van der Waals surface area contributed by atoms with Gasteiger partial charge in [-0.1, -0.05) is 36.4 Å². The topological polar surface area (TPSA) is 80.3 Å². The van der Waals surface area contributed by atoms with Gasteiger partial charge in [-0.25, -0.2) is 0 Å². The molecule has 0 fully saturated rings. The Balaban J connectivity index is 0.000000490. The summed E-state index contributed by atoms with van der Waals surface area (Å²) in [5.74, 6) is -3.25. The number of para-hydroxylation sites is 2. The van der Waals surface area contributed by atoms with Gasteiger partial charge in [-0.05, 0) is 65.8 Å². The van der Waals surface area contributed by atoms with E-state index in [1.807, 2.05) is 0 Å². The molecule has 0 amide bonds. The van der Waals surface area contributed by atoms with E-state index in [1.165, 1.54) is 50.6 Å². The van der Waals surface area contributed by atoms with E-state index in [2.05, 4.69) is 102 Å². The second-order valence-corrected chi connectivity index (χ2v) is 7.78. The molecule has 0 heterocycles. The summed E-state index contributed by atoms with van der Waals surface area (Å²) < 4.78 is 2.20. The van der Waals surface area contributed by atoms with E-state index in [0.717, 1.165) is 8.97 Å². The first-order valence-corrected chi connectivity index (χ1v) is 11.9. The van der Waals surface area contributed by atoms with Crippen LogP contribution in [-0.4, -0.2) is 51.2 Å². The van der Waals surface area contributed by atoms with Crippen LogP contribution in [0, 0.1) is 0 Å². The van der Waals surface area contributed by atoms with Gasteiger partial charge in [0.05, 0.1) is 39.3 Å². The number of aliphatic carboxylic acids is 2. The zero-order valence-corrected chi connectivity index (χ0v) is 21.3. The van der Waals surface area contributed by atoms with Gasteiger partial charge in [0.25, 0.3) is 0 Å². The summed E-state index contributed by atoms with van der Waals surface area (Å²) in [4.78, 5) is 18.6. The van der Waals surface area contributed by atoms with Gasteiger partial charge in [0.2, 0.25) is 0 Å². The molecule has 0 aliphatic heterocycles. The molecule has 0 atom stereocenters. The minimum absolute atomic E-state index is 1.03. The van der Waals surface area contributed by atoms with Crippen molar-refractivity contribution in [1.82, 2.24) is 8.97 Å². The van der Waals surface area contributed by atoms with Gasteiger partial charge in [0.1, 0.15) is 11.4 Å². The minimum atomic E-state index is -1.63. The predicted molar refractivity (Wildman–Crippen MR) is 134 cm³/mol. The minimum Gasteiger partial charge on any atom is -0.550 e. The molecule has 0 aliphatic rings. The molecule has 0 spiro atoms. The summed E-state index contributed by atoms with van der Waals surface area (Å²) in [7, 11) is 0. The van der Waals surface area contributed by atoms with Crippen LogP contribution in [0.15, 0.2) is 60.7 Å². The fraction of sp³-hybridized carbons (Fsp3) is 0.481. The Labute approximate surface area is 200 Å². The molecule has 2 rings (SSSR count). The molecule has 0 aromatic heterocycles. The molecule has 0 aliphatic carbocycles. The van der Waals surface area contributed by atoms with E-state index in [9.17, 15) is 19.8 Å². The monoisotopic (exact) mass is 458 g/mol. The standard InChI is InChI=1S/2C12H20N.C3H4O4/c2*1-4-13(5-2,6-3)12-10-8-7-9-11-12;4-2(5)1-3(6)7/h2*7-11H,4-6H2,1-3H3;1H2,(H,4,5)(H,6,7)/q2*+1;/p-2. The fourth-order valence-electron chi connectivity index (χ4n) is 4.04. The van der Waals surface area contributed by atoms with Crippen LogP contribution in [0.1, 0.15) is 48.0 Å². The molecule has 2 aromatic carbocycles. The number of quaternary nitrogens is 2. The molecule has 0 saturated carbocycles. The lowest BCUT2D eigenvalue weighted by Crippen LogP contribution is -2.48. The molecule has 2 aromatic rings. The van der Waals surface area contributed by atoms with Crippen LogP contribution in [0.4, 0.5) is 11.4 Å². The van der Waals surface area contributed by atoms with Crippen LogP contribution < -0.4 is 19.2 Å². The number of benzene rings is 2. The van der Waals surface area contributed by atoms with E-state index in [4.69, 9.17) is 0 Å². The Bertz CT molecular complexity index is 702. The van der Waals surface area contributed by atoms with Gasteiger partial charge < -0.3 is 19.8 Å². The van der Waals surface area contributed by atoms with E-state index in [0.29, 0.717) is 0 Å². The largest absolute Gasteiger partial charge is 0.550 e. The number of carbonyl (C=O) groups excluding carboxylic acids is 2. The molecule has 0 saturated heterocycles. The second-order valence-electron chi connectivity index (χ2n) is 7.78. The van der Waals surface area contributed by atoms with E-state index in [1.54, 1.807) is 0 Å². The highest BCUT2D eigenvalue weighted by Gasteiger charge is 2.24. The highest BCUT2D eigenvalue weighted by Crippen LogP contribution is 2.22. The van der Waals surface area contributed by atoms with Crippen molar-refractivity contribution >= 4 is 23.3 Å². The number of hydrogen-bond acceptors (Lipinski definition) is 4. The van der Waals surface area contributed by atoms with Gasteiger partial charge in [0.15, 0.2) is 0 Å². The number of carbonyl (C=O) groups is 2. The molecule has 6 heteroatoms. The average Bonchev–Trinajstić information content (AvgIpc) is 2.84. The summed E-state index contributed by atoms with van der Waals surface area (Å²) >= 11 is 0. The van der Waals surface area contributed by atoms with E-state index >= 15 is 0 Å². The van der Waals surface area contributed by atoms with Crippen LogP contribution >= 0.6 is 0 Å². The third-order valence-electron chi connectivity index (χ3n) is 6.53. The lowest BCUT2D eigenvalue weighted by Gasteiger charge is -2.35. The molecule has 0 N–H and O–H groups in total. The quantitative estimate of drug-likeness (QED) is 0.405. The van der Waals surface area contributed by atoms with Crippen molar-refractivity contribution in [2.24, 2.45) is 0 Å². The lowest BCUT2D eigenvalue weighted by atomic mass is 10.2. The van der Waals surface area contributed by atoms with Crippen LogP contribution in [-0.2, 0) is 9.59 Å². The van der Waals surface area contributed by atoms with E-state index in [-0.39, 0.29) is 0 Å². The maximum Gasteiger partial charge on any atom is 0.132 e. The zero-order valence-electron chi connectivity index (χ0n) is 21.3. The smallest absolute Gasteiger partial charge is 0.132 e. The molecule has 33 heavy (non-hydrogen) atoms. The average molecular weight is 459 g/mol.